The van der Waals surface area contributed by atoms with E-state index in [1.807, 2.05) is 19.1 Å². The largest absolute Gasteiger partial charge is 0.336 e. The Kier molecular flexibility index (Phi) is 7.49. The molecule has 1 fully saturated rings. The van der Waals surface area contributed by atoms with Crippen molar-refractivity contribution in [3.05, 3.63) is 102 Å². The van der Waals surface area contributed by atoms with Crippen LogP contribution in [0.2, 0.25) is 0 Å². The fourth-order valence-electron chi connectivity index (χ4n) is 4.07. The van der Waals surface area contributed by atoms with Crippen LogP contribution in [0, 0.1) is 6.92 Å². The zero-order chi connectivity index (χ0) is 25.7. The first-order valence-corrected chi connectivity index (χ1v) is 13.1. The highest BCUT2D eigenvalue weighted by Gasteiger charge is 2.39. The van der Waals surface area contributed by atoms with Crippen molar-refractivity contribution in [2.24, 2.45) is 0 Å². The molecule has 0 aromatic heterocycles. The zero-order valence-electron chi connectivity index (χ0n) is 19.8. The Hall–Kier alpha value is -3.98. The van der Waals surface area contributed by atoms with Crippen molar-refractivity contribution in [2.75, 3.05) is 26.2 Å². The first-order chi connectivity index (χ1) is 17.3. The number of hydrogen-bond donors (Lipinski definition) is 1. The van der Waals surface area contributed by atoms with E-state index in [0.717, 1.165) is 5.56 Å². The molecule has 3 amide bonds. The highest BCUT2D eigenvalue weighted by molar-refractivity contribution is 7.92. The van der Waals surface area contributed by atoms with E-state index in [1.54, 1.807) is 65.6 Å². The van der Waals surface area contributed by atoms with E-state index in [-0.39, 0.29) is 42.5 Å². The number of rotatable bonds is 6. The molecule has 1 saturated heterocycles. The summed E-state index contributed by atoms with van der Waals surface area (Å²) in [5, 5.41) is 0.656. The molecule has 0 bridgehead atoms. The van der Waals surface area contributed by atoms with Crippen LogP contribution in [0.1, 0.15) is 26.3 Å². The van der Waals surface area contributed by atoms with Gasteiger partial charge < -0.3 is 15.1 Å². The van der Waals surface area contributed by atoms with Gasteiger partial charge in [-0.1, -0.05) is 54.1 Å². The van der Waals surface area contributed by atoms with Gasteiger partial charge in [0.15, 0.2) is 0 Å². The highest BCUT2D eigenvalue weighted by Crippen LogP contribution is 2.19. The Bertz CT molecular complexity index is 1350. The van der Waals surface area contributed by atoms with Crippen molar-refractivity contribution in [3.63, 3.8) is 0 Å². The molecule has 9 heteroatoms. The number of amides is 3. The SMILES string of the molecule is Cc1cccc(C(=O)NC(C(=O)N2CCN(C(=O)c3ccccc3)CC2)S(=O)(=O)c2ccccc2)c1. The van der Waals surface area contributed by atoms with E-state index in [4.69, 9.17) is 0 Å². The molecule has 0 radical (unpaired) electrons. The fraction of sp³-hybridized carbons (Fsp3) is 0.222. The smallest absolute Gasteiger partial charge is 0.261 e. The molecule has 1 N–H and O–H groups in total. The van der Waals surface area contributed by atoms with E-state index in [1.165, 1.54) is 17.0 Å². The van der Waals surface area contributed by atoms with Crippen LogP contribution < -0.4 is 5.32 Å². The van der Waals surface area contributed by atoms with E-state index < -0.39 is 27.0 Å². The monoisotopic (exact) mass is 505 g/mol. The van der Waals surface area contributed by atoms with Gasteiger partial charge in [-0.25, -0.2) is 8.42 Å². The van der Waals surface area contributed by atoms with Crippen molar-refractivity contribution in [1.29, 1.82) is 0 Å². The Morgan fingerprint density at radius 1 is 0.750 bits per heavy atom. The molecule has 1 aliphatic heterocycles. The van der Waals surface area contributed by atoms with Gasteiger partial charge in [0.25, 0.3) is 17.7 Å². The maximum absolute atomic E-state index is 13.5. The molecular formula is C27H27N3O5S. The molecule has 186 valence electrons. The highest BCUT2D eigenvalue weighted by atomic mass is 32.2. The summed E-state index contributed by atoms with van der Waals surface area (Å²) >= 11 is 0. The van der Waals surface area contributed by atoms with Gasteiger partial charge >= 0.3 is 0 Å². The normalized spacial score (nSPS) is 14.7. The van der Waals surface area contributed by atoms with Gasteiger partial charge in [0, 0.05) is 37.3 Å². The summed E-state index contributed by atoms with van der Waals surface area (Å²) in [7, 11) is -4.24. The van der Waals surface area contributed by atoms with Gasteiger partial charge in [-0.05, 0) is 43.3 Å². The third kappa shape index (κ3) is 5.46. The van der Waals surface area contributed by atoms with Gasteiger partial charge in [0.05, 0.1) is 4.90 Å². The minimum Gasteiger partial charge on any atom is -0.336 e. The molecule has 0 aliphatic carbocycles. The predicted molar refractivity (Wildman–Crippen MR) is 135 cm³/mol. The van der Waals surface area contributed by atoms with Crippen LogP contribution in [-0.4, -0.2) is 67.5 Å². The second-order valence-electron chi connectivity index (χ2n) is 8.56. The first-order valence-electron chi connectivity index (χ1n) is 11.6. The van der Waals surface area contributed by atoms with Crippen molar-refractivity contribution in [3.8, 4) is 0 Å². The third-order valence-corrected chi connectivity index (χ3v) is 7.92. The van der Waals surface area contributed by atoms with E-state index in [2.05, 4.69) is 5.32 Å². The average molecular weight is 506 g/mol. The van der Waals surface area contributed by atoms with Crippen molar-refractivity contribution in [2.45, 2.75) is 17.2 Å². The lowest BCUT2D eigenvalue weighted by Gasteiger charge is -2.36. The summed E-state index contributed by atoms with van der Waals surface area (Å²) in [6.45, 7) is 2.63. The number of benzene rings is 3. The summed E-state index contributed by atoms with van der Waals surface area (Å²) in [5.74, 6) is -1.54. The molecule has 1 atom stereocenters. The standard InChI is InChI=1S/C27H27N3O5S/c1-20-9-8-12-22(19-20)24(31)28-25(36(34,35)23-13-6-3-7-14-23)27(33)30-17-15-29(16-18-30)26(32)21-10-4-2-5-11-21/h2-14,19,25H,15-18H2,1H3,(H,28,31). The van der Waals surface area contributed by atoms with Crippen LogP contribution in [0.4, 0.5) is 0 Å². The number of aryl methyl sites for hydroxylation is 1. The average Bonchev–Trinajstić information content (AvgIpc) is 2.91. The molecule has 3 aromatic carbocycles. The van der Waals surface area contributed by atoms with E-state index >= 15 is 0 Å². The number of hydrogen-bond acceptors (Lipinski definition) is 5. The molecule has 3 aromatic rings. The molecule has 1 unspecified atom stereocenters. The minimum absolute atomic E-state index is 0.0641. The first kappa shape index (κ1) is 25.1. The van der Waals surface area contributed by atoms with Gasteiger partial charge in [-0.2, -0.15) is 0 Å². The fourth-order valence-corrected chi connectivity index (χ4v) is 5.55. The number of carbonyl (C=O) groups is 3. The molecule has 1 heterocycles. The lowest BCUT2D eigenvalue weighted by molar-refractivity contribution is -0.132. The van der Waals surface area contributed by atoms with Crippen molar-refractivity contribution in [1.82, 2.24) is 15.1 Å². The Balaban J connectivity index is 1.55. The van der Waals surface area contributed by atoms with Crippen molar-refractivity contribution >= 4 is 27.6 Å². The third-order valence-electron chi connectivity index (χ3n) is 6.05. The minimum atomic E-state index is -4.24. The summed E-state index contributed by atoms with van der Waals surface area (Å²) < 4.78 is 27.0. The lowest BCUT2D eigenvalue weighted by atomic mass is 10.1. The van der Waals surface area contributed by atoms with Crippen molar-refractivity contribution < 1.29 is 22.8 Å². The second-order valence-corrected chi connectivity index (χ2v) is 10.6. The molecule has 1 aliphatic rings. The molecule has 4 rings (SSSR count). The maximum Gasteiger partial charge on any atom is 0.261 e. The summed E-state index contributed by atoms with van der Waals surface area (Å²) in [5.41, 5.74) is 1.64. The molecular weight excluding hydrogens is 478 g/mol. The maximum atomic E-state index is 13.5. The summed E-state index contributed by atoms with van der Waals surface area (Å²) in [4.78, 5) is 42.2. The number of nitrogens with one attached hydrogen (secondary N) is 1. The summed E-state index contributed by atoms with van der Waals surface area (Å²) in [6.07, 6.45) is 0. The predicted octanol–water partition coefficient (Wildman–Crippen LogP) is 2.51. The van der Waals surface area contributed by atoms with Gasteiger partial charge in [0.1, 0.15) is 0 Å². The Morgan fingerprint density at radius 2 is 1.31 bits per heavy atom. The molecule has 8 nitrogen and oxygen atoms in total. The molecule has 0 spiro atoms. The Morgan fingerprint density at radius 3 is 1.92 bits per heavy atom. The zero-order valence-corrected chi connectivity index (χ0v) is 20.6. The van der Waals surface area contributed by atoms with Crippen LogP contribution in [0.25, 0.3) is 0 Å². The van der Waals surface area contributed by atoms with Gasteiger partial charge in [-0.3, -0.25) is 14.4 Å². The number of nitrogens with zero attached hydrogens (tertiary/aromatic N) is 2. The van der Waals surface area contributed by atoms with Crippen LogP contribution in [-0.2, 0) is 14.6 Å². The topological polar surface area (TPSA) is 104 Å². The summed E-state index contributed by atoms with van der Waals surface area (Å²) in [6, 6.07) is 23.1. The van der Waals surface area contributed by atoms with Crippen LogP contribution in [0.15, 0.2) is 89.8 Å². The number of sulfone groups is 1. The van der Waals surface area contributed by atoms with Crippen LogP contribution >= 0.6 is 0 Å². The number of piperazine rings is 1. The molecule has 0 saturated carbocycles. The van der Waals surface area contributed by atoms with E-state index in [0.29, 0.717) is 5.56 Å². The van der Waals surface area contributed by atoms with E-state index in [9.17, 15) is 22.8 Å². The quantitative estimate of drug-likeness (QED) is 0.555. The molecule has 36 heavy (non-hydrogen) atoms. The van der Waals surface area contributed by atoms with Crippen LogP contribution in [0.3, 0.4) is 0 Å². The Labute approximate surface area is 210 Å². The lowest BCUT2D eigenvalue weighted by Crippen LogP contribution is -2.57. The van der Waals surface area contributed by atoms with Crippen LogP contribution in [0.5, 0.6) is 0 Å². The van der Waals surface area contributed by atoms with Gasteiger partial charge in [0.2, 0.25) is 15.2 Å². The van der Waals surface area contributed by atoms with Gasteiger partial charge in [-0.15, -0.1) is 0 Å². The second kappa shape index (κ2) is 10.7. The number of carbonyl (C=O) groups excluding carboxylic acids is 3.